The highest BCUT2D eigenvalue weighted by Gasteiger charge is 2.20. The van der Waals surface area contributed by atoms with E-state index in [-0.39, 0.29) is 0 Å². The van der Waals surface area contributed by atoms with E-state index in [1.807, 2.05) is 19.1 Å². The van der Waals surface area contributed by atoms with E-state index in [1.165, 1.54) is 12.8 Å². The van der Waals surface area contributed by atoms with Gasteiger partial charge >= 0.3 is 0 Å². The Balaban J connectivity index is 1.41. The van der Waals surface area contributed by atoms with Crippen LogP contribution in [-0.4, -0.2) is 47.4 Å². The van der Waals surface area contributed by atoms with E-state index in [9.17, 15) is 0 Å². The van der Waals surface area contributed by atoms with Crippen molar-refractivity contribution in [2.75, 3.05) is 26.3 Å². The number of aliphatic imine (C=N–C) groups is 1. The Morgan fingerprint density at radius 1 is 1.44 bits per heavy atom. The van der Waals surface area contributed by atoms with Crippen LogP contribution in [0, 0.1) is 5.92 Å². The number of aromatic nitrogens is 3. The van der Waals surface area contributed by atoms with Crippen LogP contribution in [-0.2, 0) is 11.3 Å². The monoisotopic (exact) mass is 346 g/mol. The molecule has 0 atom stereocenters. The van der Waals surface area contributed by atoms with Crippen molar-refractivity contribution in [2.45, 2.75) is 32.7 Å². The number of hydrogen-bond acceptors (Lipinski definition) is 5. The SMILES string of the molecule is CCNC(=NCc1nc(-c2ccco2)n[nH]1)NCCCOCC1CC1. The van der Waals surface area contributed by atoms with Crippen molar-refractivity contribution in [1.29, 1.82) is 0 Å². The second-order valence-electron chi connectivity index (χ2n) is 6.08. The quantitative estimate of drug-likeness (QED) is 0.345. The molecule has 1 aliphatic carbocycles. The molecule has 2 aromatic rings. The van der Waals surface area contributed by atoms with E-state index in [4.69, 9.17) is 9.15 Å². The van der Waals surface area contributed by atoms with Gasteiger partial charge in [0.25, 0.3) is 0 Å². The summed E-state index contributed by atoms with van der Waals surface area (Å²) in [4.78, 5) is 8.91. The molecule has 0 bridgehead atoms. The molecule has 0 aromatic carbocycles. The lowest BCUT2D eigenvalue weighted by Gasteiger charge is -2.11. The number of H-pyrrole nitrogens is 1. The van der Waals surface area contributed by atoms with Crippen molar-refractivity contribution >= 4 is 5.96 Å². The fourth-order valence-corrected chi connectivity index (χ4v) is 2.29. The van der Waals surface area contributed by atoms with Gasteiger partial charge in [-0.3, -0.25) is 5.10 Å². The molecule has 0 unspecified atom stereocenters. The molecule has 0 amide bonds. The van der Waals surface area contributed by atoms with Crippen LogP contribution in [0.2, 0.25) is 0 Å². The van der Waals surface area contributed by atoms with E-state index in [0.29, 0.717) is 24.0 Å². The number of nitrogens with zero attached hydrogens (tertiary/aromatic N) is 3. The number of ether oxygens (including phenoxy) is 1. The molecule has 2 heterocycles. The summed E-state index contributed by atoms with van der Waals surface area (Å²) in [7, 11) is 0. The van der Waals surface area contributed by atoms with Crippen molar-refractivity contribution < 1.29 is 9.15 Å². The molecule has 1 saturated carbocycles. The summed E-state index contributed by atoms with van der Waals surface area (Å²) in [6, 6.07) is 3.64. The van der Waals surface area contributed by atoms with Crippen LogP contribution < -0.4 is 10.6 Å². The third-order valence-corrected chi connectivity index (χ3v) is 3.81. The Morgan fingerprint density at radius 2 is 2.36 bits per heavy atom. The molecule has 0 radical (unpaired) electrons. The molecule has 1 aliphatic rings. The normalized spacial score (nSPS) is 14.7. The molecule has 0 saturated heterocycles. The highest BCUT2D eigenvalue weighted by molar-refractivity contribution is 5.79. The minimum Gasteiger partial charge on any atom is -0.461 e. The number of nitrogens with one attached hydrogen (secondary N) is 3. The number of aromatic amines is 1. The summed E-state index contributed by atoms with van der Waals surface area (Å²) in [6.07, 6.45) is 5.23. The number of rotatable bonds is 10. The molecule has 0 spiro atoms. The largest absolute Gasteiger partial charge is 0.461 e. The topological polar surface area (TPSA) is 100 Å². The van der Waals surface area contributed by atoms with Crippen LogP contribution >= 0.6 is 0 Å². The van der Waals surface area contributed by atoms with E-state index in [1.54, 1.807) is 6.26 Å². The number of guanidine groups is 1. The van der Waals surface area contributed by atoms with Gasteiger partial charge in [0.1, 0.15) is 12.4 Å². The molecule has 3 rings (SSSR count). The third-order valence-electron chi connectivity index (χ3n) is 3.81. The maximum Gasteiger partial charge on any atom is 0.216 e. The van der Waals surface area contributed by atoms with Gasteiger partial charge in [0, 0.05) is 26.3 Å². The lowest BCUT2D eigenvalue weighted by molar-refractivity contribution is 0.123. The van der Waals surface area contributed by atoms with Gasteiger partial charge in [0.15, 0.2) is 11.7 Å². The van der Waals surface area contributed by atoms with E-state index >= 15 is 0 Å². The van der Waals surface area contributed by atoms with Crippen molar-refractivity contribution in [2.24, 2.45) is 10.9 Å². The first-order valence-electron chi connectivity index (χ1n) is 8.90. The minimum absolute atomic E-state index is 0.418. The highest BCUT2D eigenvalue weighted by Crippen LogP contribution is 2.28. The maximum absolute atomic E-state index is 5.63. The zero-order valence-corrected chi connectivity index (χ0v) is 14.6. The summed E-state index contributed by atoms with van der Waals surface area (Å²) in [5.41, 5.74) is 0. The molecule has 8 nitrogen and oxygen atoms in total. The van der Waals surface area contributed by atoms with E-state index in [0.717, 1.165) is 44.6 Å². The van der Waals surface area contributed by atoms with Crippen LogP contribution in [0.4, 0.5) is 0 Å². The van der Waals surface area contributed by atoms with Crippen LogP contribution in [0.5, 0.6) is 0 Å². The average molecular weight is 346 g/mol. The molecular weight excluding hydrogens is 320 g/mol. The zero-order valence-electron chi connectivity index (χ0n) is 14.6. The van der Waals surface area contributed by atoms with E-state index < -0.39 is 0 Å². The summed E-state index contributed by atoms with van der Waals surface area (Å²) >= 11 is 0. The second-order valence-corrected chi connectivity index (χ2v) is 6.08. The lowest BCUT2D eigenvalue weighted by atomic mass is 10.4. The van der Waals surface area contributed by atoms with Gasteiger partial charge in [-0.2, -0.15) is 0 Å². The van der Waals surface area contributed by atoms with Crippen molar-refractivity contribution in [3.63, 3.8) is 0 Å². The van der Waals surface area contributed by atoms with Gasteiger partial charge in [-0.1, -0.05) is 0 Å². The molecule has 1 fully saturated rings. The van der Waals surface area contributed by atoms with Crippen molar-refractivity contribution in [1.82, 2.24) is 25.8 Å². The van der Waals surface area contributed by atoms with Gasteiger partial charge in [0.05, 0.1) is 6.26 Å². The Bertz CT molecular complexity index is 648. The Hall–Kier alpha value is -2.35. The molecule has 8 heteroatoms. The Labute approximate surface area is 147 Å². The lowest BCUT2D eigenvalue weighted by Crippen LogP contribution is -2.38. The van der Waals surface area contributed by atoms with Crippen LogP contribution in [0.15, 0.2) is 27.8 Å². The second kappa shape index (κ2) is 9.22. The summed E-state index contributed by atoms with van der Waals surface area (Å²) in [5.74, 6) is 3.46. The summed E-state index contributed by atoms with van der Waals surface area (Å²) < 4.78 is 10.9. The number of hydrogen-bond donors (Lipinski definition) is 3. The van der Waals surface area contributed by atoms with Gasteiger partial charge in [-0.05, 0) is 44.2 Å². The van der Waals surface area contributed by atoms with Gasteiger partial charge < -0.3 is 19.8 Å². The third kappa shape index (κ3) is 5.90. The molecule has 3 N–H and O–H groups in total. The van der Waals surface area contributed by atoms with E-state index in [2.05, 4.69) is 30.8 Å². The smallest absolute Gasteiger partial charge is 0.216 e. The minimum atomic E-state index is 0.418. The van der Waals surface area contributed by atoms with Gasteiger partial charge in [0.2, 0.25) is 5.82 Å². The Kier molecular flexibility index (Phi) is 6.44. The van der Waals surface area contributed by atoms with Crippen LogP contribution in [0.3, 0.4) is 0 Å². The first-order valence-corrected chi connectivity index (χ1v) is 8.90. The Morgan fingerprint density at radius 3 is 3.12 bits per heavy atom. The predicted molar refractivity (Wildman–Crippen MR) is 95.1 cm³/mol. The standard InChI is InChI=1S/C17H26N6O2/c1-2-18-17(19-8-4-9-24-12-13-6-7-13)20-11-15-21-16(23-22-15)14-5-3-10-25-14/h3,5,10,13H,2,4,6-9,11-12H2,1H3,(H2,18,19,20)(H,21,22,23). The molecule has 2 aromatic heterocycles. The van der Waals surface area contributed by atoms with Crippen LogP contribution in [0.1, 0.15) is 32.0 Å². The van der Waals surface area contributed by atoms with Crippen molar-refractivity contribution in [3.05, 3.63) is 24.2 Å². The fourth-order valence-electron chi connectivity index (χ4n) is 2.29. The average Bonchev–Trinajstić information content (AvgIpc) is 3.10. The van der Waals surface area contributed by atoms with Crippen molar-refractivity contribution in [3.8, 4) is 11.6 Å². The maximum atomic E-state index is 5.63. The first kappa shape index (κ1) is 17.5. The molecule has 136 valence electrons. The molecular formula is C17H26N6O2. The summed E-state index contributed by atoms with van der Waals surface area (Å²) in [6.45, 7) is 5.79. The zero-order chi connectivity index (χ0) is 17.3. The molecule has 25 heavy (non-hydrogen) atoms. The molecule has 0 aliphatic heterocycles. The van der Waals surface area contributed by atoms with Gasteiger partial charge in [-0.15, -0.1) is 5.10 Å². The van der Waals surface area contributed by atoms with Crippen LogP contribution in [0.25, 0.3) is 11.6 Å². The van der Waals surface area contributed by atoms with Gasteiger partial charge in [-0.25, -0.2) is 9.98 Å². The predicted octanol–water partition coefficient (Wildman–Crippen LogP) is 1.94. The fraction of sp³-hybridized carbons (Fsp3) is 0.588. The highest BCUT2D eigenvalue weighted by atomic mass is 16.5. The summed E-state index contributed by atoms with van der Waals surface area (Å²) in [5, 5.41) is 13.6. The number of furan rings is 1. The first-order chi connectivity index (χ1) is 12.3.